The maximum Gasteiger partial charge on any atom is 0.253 e. The van der Waals surface area contributed by atoms with Crippen LogP contribution >= 0.6 is 23.4 Å². The summed E-state index contributed by atoms with van der Waals surface area (Å²) in [6.07, 6.45) is 5.50. The highest BCUT2D eigenvalue weighted by Gasteiger charge is 2.25. The van der Waals surface area contributed by atoms with Crippen molar-refractivity contribution in [3.8, 4) is 11.3 Å². The van der Waals surface area contributed by atoms with Gasteiger partial charge < -0.3 is 0 Å². The number of benzene rings is 1. The number of rotatable bonds is 5. The van der Waals surface area contributed by atoms with Gasteiger partial charge in [-0.2, -0.15) is 5.10 Å². The van der Waals surface area contributed by atoms with Crippen LogP contribution in [0.2, 0.25) is 5.02 Å². The number of anilines is 1. The molecule has 3 aromatic rings. The second-order valence-electron chi connectivity index (χ2n) is 5.78. The lowest BCUT2D eigenvalue weighted by Gasteiger charge is -2.11. The fourth-order valence-corrected chi connectivity index (χ4v) is 3.46. The Balaban J connectivity index is 1.45. The molecule has 0 atom stereocenters. The van der Waals surface area contributed by atoms with E-state index in [1.807, 2.05) is 18.2 Å². The van der Waals surface area contributed by atoms with E-state index < -0.39 is 0 Å². The van der Waals surface area contributed by atoms with Crippen molar-refractivity contribution in [2.45, 2.75) is 11.6 Å². The summed E-state index contributed by atoms with van der Waals surface area (Å²) < 4.78 is 0. The SMILES string of the molecule is O=C1CC(CSc2nccc(-c3cccnc3)n2)=NN1c1ccc(Cl)cc1. The largest absolute Gasteiger partial charge is 0.272 e. The average molecular weight is 396 g/mol. The predicted octanol–water partition coefficient (Wildman–Crippen LogP) is 4.08. The van der Waals surface area contributed by atoms with Crippen molar-refractivity contribution in [3.63, 3.8) is 0 Å². The molecule has 1 amide bonds. The molecule has 6 nitrogen and oxygen atoms in total. The van der Waals surface area contributed by atoms with Gasteiger partial charge in [-0.25, -0.2) is 15.0 Å². The van der Waals surface area contributed by atoms with Gasteiger partial charge in [-0.15, -0.1) is 0 Å². The Bertz CT molecular complexity index is 994. The molecule has 1 aromatic carbocycles. The minimum atomic E-state index is -0.0575. The summed E-state index contributed by atoms with van der Waals surface area (Å²) in [5.41, 5.74) is 3.24. The number of hydrazone groups is 1. The van der Waals surface area contributed by atoms with Gasteiger partial charge in [0.05, 0.1) is 23.5 Å². The number of amides is 1. The van der Waals surface area contributed by atoms with Gasteiger partial charge in [0.2, 0.25) is 0 Å². The van der Waals surface area contributed by atoms with Crippen LogP contribution in [0, 0.1) is 0 Å². The number of thioether (sulfide) groups is 1. The van der Waals surface area contributed by atoms with Gasteiger partial charge in [-0.3, -0.25) is 9.78 Å². The lowest BCUT2D eigenvalue weighted by Crippen LogP contribution is -2.19. The smallest absolute Gasteiger partial charge is 0.253 e. The number of halogens is 1. The number of nitrogens with zero attached hydrogens (tertiary/aromatic N) is 5. The molecule has 27 heavy (non-hydrogen) atoms. The number of aromatic nitrogens is 3. The summed E-state index contributed by atoms with van der Waals surface area (Å²) >= 11 is 7.35. The van der Waals surface area contributed by atoms with E-state index >= 15 is 0 Å². The number of hydrogen-bond donors (Lipinski definition) is 0. The third-order valence-electron chi connectivity index (χ3n) is 3.86. The van der Waals surface area contributed by atoms with Crippen LogP contribution in [-0.4, -0.2) is 32.3 Å². The van der Waals surface area contributed by atoms with Gasteiger partial charge in [-0.05, 0) is 42.5 Å². The van der Waals surface area contributed by atoms with Crippen molar-refractivity contribution in [1.29, 1.82) is 0 Å². The van der Waals surface area contributed by atoms with E-state index in [9.17, 15) is 4.79 Å². The van der Waals surface area contributed by atoms with E-state index in [4.69, 9.17) is 11.6 Å². The van der Waals surface area contributed by atoms with Crippen molar-refractivity contribution >= 4 is 40.7 Å². The molecule has 4 rings (SSSR count). The molecule has 1 aliphatic rings. The summed E-state index contributed by atoms with van der Waals surface area (Å²) in [7, 11) is 0. The zero-order valence-corrected chi connectivity index (χ0v) is 15.7. The van der Waals surface area contributed by atoms with Gasteiger partial charge >= 0.3 is 0 Å². The molecule has 0 unspecified atom stereocenters. The van der Waals surface area contributed by atoms with Gasteiger partial charge in [0.1, 0.15) is 0 Å². The second kappa shape index (κ2) is 7.85. The summed E-state index contributed by atoms with van der Waals surface area (Å²) in [5, 5.41) is 7.11. The van der Waals surface area contributed by atoms with Crippen LogP contribution < -0.4 is 5.01 Å². The van der Waals surface area contributed by atoms with Crippen molar-refractivity contribution in [3.05, 3.63) is 66.1 Å². The predicted molar refractivity (Wildman–Crippen MR) is 107 cm³/mol. The van der Waals surface area contributed by atoms with Crippen LogP contribution in [0.5, 0.6) is 0 Å². The van der Waals surface area contributed by atoms with Crippen LogP contribution in [0.15, 0.2) is 71.3 Å². The van der Waals surface area contributed by atoms with Crippen molar-refractivity contribution in [2.75, 3.05) is 10.8 Å². The van der Waals surface area contributed by atoms with Crippen LogP contribution in [0.3, 0.4) is 0 Å². The molecule has 2 aromatic heterocycles. The van der Waals surface area contributed by atoms with E-state index in [0.717, 1.165) is 17.0 Å². The molecule has 0 saturated heterocycles. The average Bonchev–Trinajstić information content (AvgIpc) is 3.08. The van der Waals surface area contributed by atoms with Crippen LogP contribution in [0.1, 0.15) is 6.42 Å². The summed E-state index contributed by atoms with van der Waals surface area (Å²) in [5.74, 6) is 0.490. The Morgan fingerprint density at radius 2 is 1.96 bits per heavy atom. The van der Waals surface area contributed by atoms with Crippen LogP contribution in [0.25, 0.3) is 11.3 Å². The Hall–Kier alpha value is -2.77. The highest BCUT2D eigenvalue weighted by molar-refractivity contribution is 7.99. The van der Waals surface area contributed by atoms with Crippen molar-refractivity contribution in [2.24, 2.45) is 5.10 Å². The van der Waals surface area contributed by atoms with Gasteiger partial charge in [-0.1, -0.05) is 23.4 Å². The molecule has 8 heteroatoms. The first-order chi connectivity index (χ1) is 13.2. The standard InChI is InChI=1S/C19H14ClN5OS/c20-14-3-5-16(6-4-14)25-18(26)10-15(24-25)12-27-19-22-9-7-17(23-19)13-2-1-8-21-11-13/h1-9,11H,10,12H2. The Morgan fingerprint density at radius 1 is 1.11 bits per heavy atom. The van der Waals surface area contributed by atoms with E-state index in [1.54, 1.807) is 42.9 Å². The number of hydrogen-bond acceptors (Lipinski definition) is 6. The molecule has 0 N–H and O–H groups in total. The first kappa shape index (κ1) is 17.6. The van der Waals surface area contributed by atoms with Crippen LogP contribution in [-0.2, 0) is 4.79 Å². The molecule has 1 aliphatic heterocycles. The zero-order chi connectivity index (χ0) is 18.6. The Morgan fingerprint density at radius 3 is 2.74 bits per heavy atom. The van der Waals surface area contributed by atoms with Gasteiger partial charge in [0.15, 0.2) is 5.16 Å². The first-order valence-electron chi connectivity index (χ1n) is 8.20. The molecule has 0 fully saturated rings. The minimum absolute atomic E-state index is 0.0575. The molecule has 0 bridgehead atoms. The highest BCUT2D eigenvalue weighted by Crippen LogP contribution is 2.25. The molecule has 3 heterocycles. The lowest BCUT2D eigenvalue weighted by atomic mass is 10.2. The molecular weight excluding hydrogens is 382 g/mol. The van der Waals surface area contributed by atoms with E-state index in [0.29, 0.717) is 21.6 Å². The zero-order valence-electron chi connectivity index (χ0n) is 14.1. The van der Waals surface area contributed by atoms with E-state index in [-0.39, 0.29) is 12.3 Å². The number of carbonyl (C=O) groups is 1. The summed E-state index contributed by atoms with van der Waals surface area (Å²) in [6, 6.07) is 12.7. The molecule has 0 saturated carbocycles. The highest BCUT2D eigenvalue weighted by atomic mass is 35.5. The monoisotopic (exact) mass is 395 g/mol. The van der Waals surface area contributed by atoms with Crippen molar-refractivity contribution in [1.82, 2.24) is 15.0 Å². The maximum atomic E-state index is 12.3. The number of pyridine rings is 1. The molecule has 0 radical (unpaired) electrons. The Kier molecular flexibility index (Phi) is 5.13. The molecule has 0 spiro atoms. The maximum absolute atomic E-state index is 12.3. The van der Waals surface area contributed by atoms with Crippen molar-refractivity contribution < 1.29 is 4.79 Å². The summed E-state index contributed by atoms with van der Waals surface area (Å²) in [6.45, 7) is 0. The normalized spacial score (nSPS) is 13.7. The van der Waals surface area contributed by atoms with Gasteiger partial charge in [0, 0.05) is 34.9 Å². The molecule has 0 aliphatic carbocycles. The quantitative estimate of drug-likeness (QED) is 0.481. The first-order valence-corrected chi connectivity index (χ1v) is 9.56. The fraction of sp³-hybridized carbons (Fsp3) is 0.105. The third-order valence-corrected chi connectivity index (χ3v) is 5.05. The third kappa shape index (κ3) is 4.15. The summed E-state index contributed by atoms with van der Waals surface area (Å²) in [4.78, 5) is 25.2. The topological polar surface area (TPSA) is 71.3 Å². The van der Waals surface area contributed by atoms with Gasteiger partial charge in [0.25, 0.3) is 5.91 Å². The van der Waals surface area contributed by atoms with Crippen LogP contribution in [0.4, 0.5) is 5.69 Å². The van der Waals surface area contributed by atoms with E-state index in [1.165, 1.54) is 16.8 Å². The van der Waals surface area contributed by atoms with E-state index in [2.05, 4.69) is 20.1 Å². The second-order valence-corrected chi connectivity index (χ2v) is 7.16. The fourth-order valence-electron chi connectivity index (χ4n) is 2.58. The molecule has 134 valence electrons. The molecular formula is C19H14ClN5OS. The minimum Gasteiger partial charge on any atom is -0.272 e. The number of carbonyl (C=O) groups excluding carboxylic acids is 1. The lowest BCUT2D eigenvalue weighted by molar-refractivity contribution is -0.116. The Labute approximate surface area is 165 Å².